The van der Waals surface area contributed by atoms with Crippen molar-refractivity contribution in [3.8, 4) is 0 Å². The van der Waals surface area contributed by atoms with Gasteiger partial charge in [0.25, 0.3) is 0 Å². The predicted molar refractivity (Wildman–Crippen MR) is 62.1 cm³/mol. The second-order valence-corrected chi connectivity index (χ2v) is 4.29. The third-order valence-corrected chi connectivity index (χ3v) is 2.42. The first-order valence-corrected chi connectivity index (χ1v) is 5.28. The number of hydrogen-bond acceptors (Lipinski definition) is 1. The summed E-state index contributed by atoms with van der Waals surface area (Å²) >= 11 is 0. The van der Waals surface area contributed by atoms with Crippen molar-refractivity contribution in [1.29, 1.82) is 0 Å². The summed E-state index contributed by atoms with van der Waals surface area (Å²) in [5.74, 6) is 0.602. The van der Waals surface area contributed by atoms with Crippen molar-refractivity contribution < 1.29 is 4.79 Å². The molecule has 0 radical (unpaired) electrons. The van der Waals surface area contributed by atoms with Crippen LogP contribution in [0.3, 0.4) is 0 Å². The largest absolute Gasteiger partial charge is 0.352 e. The van der Waals surface area contributed by atoms with Crippen molar-refractivity contribution in [1.82, 2.24) is 4.98 Å². The van der Waals surface area contributed by atoms with Gasteiger partial charge in [0, 0.05) is 17.3 Å². The van der Waals surface area contributed by atoms with Crippen LogP contribution >= 0.6 is 0 Å². The highest BCUT2D eigenvalue weighted by Gasteiger charge is 2.10. The molecular weight excluding hydrogens is 186 g/mol. The molecule has 0 bridgehead atoms. The van der Waals surface area contributed by atoms with E-state index in [2.05, 4.69) is 18.8 Å². The van der Waals surface area contributed by atoms with Gasteiger partial charge in [-0.05, 0) is 18.1 Å². The lowest BCUT2D eigenvalue weighted by molar-refractivity contribution is 0.0964. The third kappa shape index (κ3) is 2.09. The molecule has 0 saturated carbocycles. The number of Topliss-reactive ketones (excluding diaryl/α,β-unsaturated/α-hetero) is 1. The Kier molecular flexibility index (Phi) is 2.58. The Labute approximate surface area is 89.3 Å². The first-order valence-electron chi connectivity index (χ1n) is 5.28. The van der Waals surface area contributed by atoms with Gasteiger partial charge in [-0.1, -0.05) is 32.0 Å². The van der Waals surface area contributed by atoms with E-state index in [1.165, 1.54) is 0 Å². The normalized spacial score (nSPS) is 11.1. The molecule has 2 nitrogen and oxygen atoms in total. The minimum atomic E-state index is 0.196. The molecule has 0 amide bonds. The van der Waals surface area contributed by atoms with Crippen molar-refractivity contribution in [2.75, 3.05) is 0 Å². The van der Waals surface area contributed by atoms with Gasteiger partial charge in [-0.15, -0.1) is 0 Å². The number of hydrogen-bond donors (Lipinski definition) is 1. The van der Waals surface area contributed by atoms with E-state index in [-0.39, 0.29) is 5.78 Å². The highest BCUT2D eigenvalue weighted by molar-refractivity contribution is 5.99. The van der Waals surface area contributed by atoms with Gasteiger partial charge in [0.1, 0.15) is 0 Å². The number of rotatable bonds is 3. The minimum absolute atomic E-state index is 0.196. The van der Waals surface area contributed by atoms with E-state index >= 15 is 0 Å². The Morgan fingerprint density at radius 1 is 1.33 bits per heavy atom. The number of ketones is 1. The maximum absolute atomic E-state index is 11.8. The Balaban J connectivity index is 2.32. The number of benzene rings is 1. The van der Waals surface area contributed by atoms with E-state index in [4.69, 9.17) is 0 Å². The van der Waals surface area contributed by atoms with E-state index in [0.29, 0.717) is 12.3 Å². The smallest absolute Gasteiger partial charge is 0.179 e. The van der Waals surface area contributed by atoms with Crippen LogP contribution in [0.15, 0.2) is 30.3 Å². The Morgan fingerprint density at radius 2 is 2.07 bits per heavy atom. The molecule has 0 atom stereocenters. The van der Waals surface area contributed by atoms with Gasteiger partial charge in [-0.2, -0.15) is 0 Å². The Bertz CT molecular complexity index is 449. The van der Waals surface area contributed by atoms with Crippen molar-refractivity contribution in [3.05, 3.63) is 36.0 Å². The molecule has 2 heteroatoms. The van der Waals surface area contributed by atoms with E-state index in [0.717, 1.165) is 16.6 Å². The van der Waals surface area contributed by atoms with E-state index in [1.807, 2.05) is 30.3 Å². The summed E-state index contributed by atoms with van der Waals surface area (Å²) in [6, 6.07) is 9.88. The quantitative estimate of drug-likeness (QED) is 0.758. The summed E-state index contributed by atoms with van der Waals surface area (Å²) in [7, 11) is 0. The van der Waals surface area contributed by atoms with E-state index in [9.17, 15) is 4.79 Å². The summed E-state index contributed by atoms with van der Waals surface area (Å²) < 4.78 is 0. The molecule has 1 aromatic carbocycles. The number of carbonyl (C=O) groups is 1. The maximum atomic E-state index is 11.8. The monoisotopic (exact) mass is 201 g/mol. The lowest BCUT2D eigenvalue weighted by Gasteiger charge is -2.00. The number of fused-ring (bicyclic) bond motifs is 1. The summed E-state index contributed by atoms with van der Waals surface area (Å²) in [5.41, 5.74) is 1.76. The molecule has 0 aliphatic rings. The highest BCUT2D eigenvalue weighted by atomic mass is 16.1. The summed E-state index contributed by atoms with van der Waals surface area (Å²) in [6.45, 7) is 4.11. The first kappa shape index (κ1) is 9.97. The third-order valence-electron chi connectivity index (χ3n) is 2.42. The maximum Gasteiger partial charge on any atom is 0.179 e. The van der Waals surface area contributed by atoms with Crippen LogP contribution in [0.2, 0.25) is 0 Å². The molecule has 78 valence electrons. The molecule has 0 saturated heterocycles. The van der Waals surface area contributed by atoms with Gasteiger partial charge in [0.15, 0.2) is 5.78 Å². The lowest BCUT2D eigenvalue weighted by Crippen LogP contribution is -2.03. The molecule has 0 unspecified atom stereocenters. The summed E-state index contributed by atoms with van der Waals surface area (Å²) in [6.07, 6.45) is 0.604. The average molecular weight is 201 g/mol. The van der Waals surface area contributed by atoms with E-state index in [1.54, 1.807) is 0 Å². The van der Waals surface area contributed by atoms with Crippen molar-refractivity contribution >= 4 is 16.7 Å². The zero-order valence-corrected chi connectivity index (χ0v) is 9.08. The van der Waals surface area contributed by atoms with Crippen LogP contribution in [-0.4, -0.2) is 10.8 Å². The van der Waals surface area contributed by atoms with Gasteiger partial charge in [0.05, 0.1) is 5.69 Å². The van der Waals surface area contributed by atoms with Gasteiger partial charge >= 0.3 is 0 Å². The van der Waals surface area contributed by atoms with Crippen LogP contribution in [-0.2, 0) is 0 Å². The van der Waals surface area contributed by atoms with Gasteiger partial charge in [-0.3, -0.25) is 4.79 Å². The van der Waals surface area contributed by atoms with Crippen molar-refractivity contribution in [3.63, 3.8) is 0 Å². The molecule has 1 aromatic heterocycles. The average Bonchev–Trinajstić information content (AvgIpc) is 2.59. The fourth-order valence-corrected chi connectivity index (χ4v) is 1.70. The molecular formula is C13H15NO. The fraction of sp³-hybridized carbons (Fsp3) is 0.308. The Morgan fingerprint density at radius 3 is 2.73 bits per heavy atom. The van der Waals surface area contributed by atoms with Crippen LogP contribution in [0, 0.1) is 5.92 Å². The number of para-hydroxylation sites is 1. The molecule has 1 heterocycles. The molecule has 0 fully saturated rings. The van der Waals surface area contributed by atoms with Crippen LogP contribution in [0.5, 0.6) is 0 Å². The molecule has 2 aromatic rings. The predicted octanol–water partition coefficient (Wildman–Crippen LogP) is 3.40. The summed E-state index contributed by atoms with van der Waals surface area (Å²) in [4.78, 5) is 14.9. The van der Waals surface area contributed by atoms with Crippen LogP contribution in [0.1, 0.15) is 30.8 Å². The topological polar surface area (TPSA) is 32.9 Å². The standard InChI is InChI=1S/C13H15NO/c1-9(2)7-13(15)12-8-10-5-3-4-6-11(10)14-12/h3-6,8-9,14H,7H2,1-2H3. The van der Waals surface area contributed by atoms with Crippen LogP contribution < -0.4 is 0 Å². The highest BCUT2D eigenvalue weighted by Crippen LogP contribution is 2.17. The Hall–Kier alpha value is -1.57. The van der Waals surface area contributed by atoms with Crippen LogP contribution in [0.25, 0.3) is 10.9 Å². The SMILES string of the molecule is CC(C)CC(=O)c1cc2ccccc2[nH]1. The van der Waals surface area contributed by atoms with Gasteiger partial charge in [-0.25, -0.2) is 0 Å². The number of aromatic nitrogens is 1. The zero-order valence-electron chi connectivity index (χ0n) is 9.08. The second-order valence-electron chi connectivity index (χ2n) is 4.29. The molecule has 15 heavy (non-hydrogen) atoms. The number of H-pyrrole nitrogens is 1. The first-order chi connectivity index (χ1) is 7.16. The lowest BCUT2D eigenvalue weighted by atomic mass is 10.1. The fourth-order valence-electron chi connectivity index (χ4n) is 1.70. The zero-order chi connectivity index (χ0) is 10.8. The molecule has 0 aliphatic heterocycles. The van der Waals surface area contributed by atoms with E-state index < -0.39 is 0 Å². The molecule has 1 N–H and O–H groups in total. The van der Waals surface area contributed by atoms with Crippen LogP contribution in [0.4, 0.5) is 0 Å². The number of carbonyl (C=O) groups excluding carboxylic acids is 1. The van der Waals surface area contributed by atoms with Crippen molar-refractivity contribution in [2.45, 2.75) is 20.3 Å². The van der Waals surface area contributed by atoms with Crippen molar-refractivity contribution in [2.24, 2.45) is 5.92 Å². The number of aromatic amines is 1. The minimum Gasteiger partial charge on any atom is -0.352 e. The summed E-state index contributed by atoms with van der Waals surface area (Å²) in [5, 5.41) is 1.10. The van der Waals surface area contributed by atoms with Gasteiger partial charge < -0.3 is 4.98 Å². The molecule has 0 spiro atoms. The number of nitrogens with one attached hydrogen (secondary N) is 1. The van der Waals surface area contributed by atoms with Gasteiger partial charge in [0.2, 0.25) is 0 Å². The second kappa shape index (κ2) is 3.89. The molecule has 0 aliphatic carbocycles. The molecule has 2 rings (SSSR count).